The van der Waals surface area contributed by atoms with Crippen LogP contribution in [0.15, 0.2) is 53.4 Å². The predicted molar refractivity (Wildman–Crippen MR) is 99.0 cm³/mol. The Hall–Kier alpha value is -3.10. The topological polar surface area (TPSA) is 130 Å². The first kappa shape index (κ1) is 17.7. The molecule has 0 spiro atoms. The number of phenols is 1. The normalized spacial score (nSPS) is 11.5. The zero-order chi connectivity index (χ0) is 19.1. The smallest absolute Gasteiger partial charge is 0.294 e. The molecule has 0 heterocycles. The van der Waals surface area contributed by atoms with E-state index in [0.717, 1.165) is 11.6 Å². The number of aromatic hydroxyl groups is 1. The van der Waals surface area contributed by atoms with Crippen LogP contribution in [0.4, 0.5) is 11.4 Å². The van der Waals surface area contributed by atoms with Crippen LogP contribution in [-0.4, -0.2) is 24.0 Å². The number of carbonyl (C=O) groups excluding carboxylic acids is 1. The SMILES string of the molecule is Cc1ccc(N)c(C(=O)Nc2cc(S(=O)(=O)O)cc3ccc(O)cc23)c1. The van der Waals surface area contributed by atoms with E-state index in [-0.39, 0.29) is 27.6 Å². The van der Waals surface area contributed by atoms with Crippen LogP contribution in [0.25, 0.3) is 10.8 Å². The fraction of sp³-hybridized carbons (Fsp3) is 0.0556. The first-order valence-electron chi connectivity index (χ1n) is 7.57. The van der Waals surface area contributed by atoms with E-state index in [2.05, 4.69) is 5.32 Å². The quantitative estimate of drug-likeness (QED) is 0.413. The summed E-state index contributed by atoms with van der Waals surface area (Å²) in [7, 11) is -4.48. The van der Waals surface area contributed by atoms with Gasteiger partial charge >= 0.3 is 0 Å². The summed E-state index contributed by atoms with van der Waals surface area (Å²) < 4.78 is 32.4. The minimum atomic E-state index is -4.48. The van der Waals surface area contributed by atoms with Gasteiger partial charge in [-0.3, -0.25) is 9.35 Å². The van der Waals surface area contributed by atoms with Crippen molar-refractivity contribution in [1.82, 2.24) is 0 Å². The summed E-state index contributed by atoms with van der Waals surface area (Å²) in [6, 6.07) is 11.6. The number of anilines is 2. The number of fused-ring (bicyclic) bond motifs is 1. The molecule has 0 atom stereocenters. The van der Waals surface area contributed by atoms with E-state index in [4.69, 9.17) is 5.73 Å². The van der Waals surface area contributed by atoms with E-state index in [1.165, 1.54) is 24.3 Å². The third-order valence-corrected chi connectivity index (χ3v) is 4.74. The average Bonchev–Trinajstić information content (AvgIpc) is 2.56. The van der Waals surface area contributed by atoms with E-state index in [1.807, 2.05) is 6.92 Å². The number of carbonyl (C=O) groups is 1. The lowest BCUT2D eigenvalue weighted by atomic mass is 10.1. The molecule has 0 unspecified atom stereocenters. The Balaban J connectivity index is 2.15. The number of hydrogen-bond donors (Lipinski definition) is 4. The average molecular weight is 372 g/mol. The number of nitrogen functional groups attached to an aromatic ring is 1. The van der Waals surface area contributed by atoms with Crippen LogP contribution >= 0.6 is 0 Å². The lowest BCUT2D eigenvalue weighted by Crippen LogP contribution is -2.15. The Morgan fingerprint density at radius 2 is 1.81 bits per heavy atom. The van der Waals surface area contributed by atoms with Gasteiger partial charge in [0.25, 0.3) is 16.0 Å². The lowest BCUT2D eigenvalue weighted by molar-refractivity contribution is 0.102. The molecule has 1 amide bonds. The van der Waals surface area contributed by atoms with Crippen molar-refractivity contribution in [1.29, 1.82) is 0 Å². The maximum absolute atomic E-state index is 12.6. The van der Waals surface area contributed by atoms with Crippen molar-refractivity contribution in [3.63, 3.8) is 0 Å². The van der Waals surface area contributed by atoms with Crippen LogP contribution in [0, 0.1) is 6.92 Å². The molecule has 0 aliphatic carbocycles. The highest BCUT2D eigenvalue weighted by Gasteiger charge is 2.17. The second kappa shape index (κ2) is 6.32. The number of phenolic OH excluding ortho intramolecular Hbond substituents is 1. The number of hydrogen-bond acceptors (Lipinski definition) is 5. The van der Waals surface area contributed by atoms with Crippen molar-refractivity contribution in [3.05, 3.63) is 59.7 Å². The summed E-state index contributed by atoms with van der Waals surface area (Å²) >= 11 is 0. The molecule has 8 heteroatoms. The number of rotatable bonds is 3. The van der Waals surface area contributed by atoms with Crippen LogP contribution in [0.1, 0.15) is 15.9 Å². The summed E-state index contributed by atoms with van der Waals surface area (Å²) in [4.78, 5) is 12.2. The van der Waals surface area contributed by atoms with E-state index >= 15 is 0 Å². The van der Waals surface area contributed by atoms with Gasteiger partial charge < -0.3 is 16.2 Å². The Morgan fingerprint density at radius 3 is 2.50 bits per heavy atom. The molecule has 0 bridgehead atoms. The van der Waals surface area contributed by atoms with Gasteiger partial charge in [0.15, 0.2) is 0 Å². The van der Waals surface area contributed by atoms with Crippen LogP contribution < -0.4 is 11.1 Å². The second-order valence-electron chi connectivity index (χ2n) is 5.90. The zero-order valence-electron chi connectivity index (χ0n) is 13.7. The van der Waals surface area contributed by atoms with Gasteiger partial charge in [0, 0.05) is 11.1 Å². The Bertz CT molecular complexity index is 1140. The largest absolute Gasteiger partial charge is 0.508 e. The molecule has 3 aromatic carbocycles. The van der Waals surface area contributed by atoms with Crippen molar-refractivity contribution >= 4 is 38.2 Å². The van der Waals surface area contributed by atoms with E-state index in [9.17, 15) is 22.9 Å². The standard InChI is InChI=1S/C18H16N2O5S/c1-10-2-5-16(19)15(6-10)18(22)20-17-9-13(26(23,24)25)7-11-3-4-12(21)8-14(11)17/h2-9,21H,19H2,1H3,(H,20,22)(H,23,24,25). The number of amides is 1. The molecule has 0 radical (unpaired) electrons. The van der Waals surface area contributed by atoms with Crippen LogP contribution in [0.3, 0.4) is 0 Å². The Kier molecular flexibility index (Phi) is 4.31. The fourth-order valence-corrected chi connectivity index (χ4v) is 3.17. The lowest BCUT2D eigenvalue weighted by Gasteiger charge is -2.12. The van der Waals surface area contributed by atoms with Gasteiger partial charge in [-0.25, -0.2) is 0 Å². The molecule has 0 saturated carbocycles. The molecule has 0 aromatic heterocycles. The molecule has 3 aromatic rings. The van der Waals surface area contributed by atoms with Crippen LogP contribution in [-0.2, 0) is 10.1 Å². The molecule has 0 saturated heterocycles. The molecule has 0 aliphatic rings. The molecular weight excluding hydrogens is 356 g/mol. The molecule has 26 heavy (non-hydrogen) atoms. The van der Waals surface area contributed by atoms with E-state index < -0.39 is 16.0 Å². The number of aryl methyl sites for hydroxylation is 1. The van der Waals surface area contributed by atoms with Gasteiger partial charge in [0.05, 0.1) is 16.1 Å². The minimum absolute atomic E-state index is 0.0531. The minimum Gasteiger partial charge on any atom is -0.508 e. The predicted octanol–water partition coefficient (Wildman–Crippen LogP) is 2.94. The zero-order valence-corrected chi connectivity index (χ0v) is 14.5. The summed E-state index contributed by atoms with van der Waals surface area (Å²) in [5.74, 6) is -0.592. The van der Waals surface area contributed by atoms with Crippen LogP contribution in [0.2, 0.25) is 0 Å². The van der Waals surface area contributed by atoms with Gasteiger partial charge in [-0.05, 0) is 48.7 Å². The highest BCUT2D eigenvalue weighted by atomic mass is 32.2. The third-order valence-electron chi connectivity index (χ3n) is 3.91. The van der Waals surface area contributed by atoms with Crippen molar-refractivity contribution in [2.75, 3.05) is 11.1 Å². The van der Waals surface area contributed by atoms with Crippen molar-refractivity contribution in [2.24, 2.45) is 0 Å². The molecule has 5 N–H and O–H groups in total. The number of nitrogens with one attached hydrogen (secondary N) is 1. The Labute approximate surface area is 149 Å². The van der Waals surface area contributed by atoms with Gasteiger partial charge in [-0.1, -0.05) is 17.7 Å². The van der Waals surface area contributed by atoms with E-state index in [0.29, 0.717) is 10.8 Å². The van der Waals surface area contributed by atoms with Crippen molar-refractivity contribution in [2.45, 2.75) is 11.8 Å². The summed E-state index contributed by atoms with van der Waals surface area (Å²) in [5.41, 5.74) is 7.30. The maximum Gasteiger partial charge on any atom is 0.294 e. The van der Waals surface area contributed by atoms with Crippen LogP contribution in [0.5, 0.6) is 5.75 Å². The molecular formula is C18H16N2O5S. The fourth-order valence-electron chi connectivity index (χ4n) is 2.63. The Morgan fingerprint density at radius 1 is 1.08 bits per heavy atom. The van der Waals surface area contributed by atoms with Gasteiger partial charge in [0.2, 0.25) is 0 Å². The molecule has 0 aliphatic heterocycles. The molecule has 0 fully saturated rings. The second-order valence-corrected chi connectivity index (χ2v) is 7.32. The highest BCUT2D eigenvalue weighted by Crippen LogP contribution is 2.31. The maximum atomic E-state index is 12.6. The van der Waals surface area contributed by atoms with Gasteiger partial charge in [-0.15, -0.1) is 0 Å². The molecule has 3 rings (SSSR count). The first-order valence-corrected chi connectivity index (χ1v) is 9.01. The summed E-state index contributed by atoms with van der Waals surface area (Å²) in [6.45, 7) is 1.81. The van der Waals surface area contributed by atoms with Crippen molar-refractivity contribution < 1.29 is 22.9 Å². The highest BCUT2D eigenvalue weighted by molar-refractivity contribution is 7.85. The number of benzene rings is 3. The monoisotopic (exact) mass is 372 g/mol. The first-order chi connectivity index (χ1) is 12.1. The summed E-state index contributed by atoms with van der Waals surface area (Å²) in [6.07, 6.45) is 0. The number of nitrogens with two attached hydrogens (primary N) is 1. The van der Waals surface area contributed by atoms with Gasteiger partial charge in [0.1, 0.15) is 5.75 Å². The van der Waals surface area contributed by atoms with Crippen molar-refractivity contribution in [3.8, 4) is 5.75 Å². The third kappa shape index (κ3) is 3.46. The molecule has 7 nitrogen and oxygen atoms in total. The van der Waals surface area contributed by atoms with E-state index in [1.54, 1.807) is 18.2 Å². The summed E-state index contributed by atoms with van der Waals surface area (Å²) in [5, 5.41) is 13.2. The van der Waals surface area contributed by atoms with Gasteiger partial charge in [-0.2, -0.15) is 8.42 Å². The molecule has 134 valence electrons.